The third kappa shape index (κ3) is 2.88. The third-order valence-electron chi connectivity index (χ3n) is 3.14. The van der Waals surface area contributed by atoms with Gasteiger partial charge in [-0.2, -0.15) is 0 Å². The molecule has 0 aliphatic heterocycles. The molecular formula is C16H16FNO. The summed E-state index contributed by atoms with van der Waals surface area (Å²) in [5.41, 5.74) is 7.47. The van der Waals surface area contributed by atoms with Gasteiger partial charge < -0.3 is 5.73 Å². The zero-order chi connectivity index (χ0) is 13.8. The minimum atomic E-state index is -0.502. The topological polar surface area (TPSA) is 43.1 Å². The highest BCUT2D eigenvalue weighted by Gasteiger charge is 2.23. The predicted molar refractivity (Wildman–Crippen MR) is 73.7 cm³/mol. The highest BCUT2D eigenvalue weighted by molar-refractivity contribution is 6.01. The first-order valence-corrected chi connectivity index (χ1v) is 6.19. The SMILES string of the molecule is Cc1ccc(F)c(C(=O)C(CN)c2ccccc2)c1. The van der Waals surface area contributed by atoms with Crippen LogP contribution in [0.2, 0.25) is 0 Å². The van der Waals surface area contributed by atoms with Gasteiger partial charge in [0.05, 0.1) is 11.5 Å². The lowest BCUT2D eigenvalue weighted by atomic mass is 9.90. The second-order valence-corrected chi connectivity index (χ2v) is 4.55. The van der Waals surface area contributed by atoms with E-state index in [0.29, 0.717) is 0 Å². The molecule has 0 saturated carbocycles. The molecule has 2 aromatic rings. The van der Waals surface area contributed by atoms with Gasteiger partial charge in [-0.3, -0.25) is 4.79 Å². The molecule has 98 valence electrons. The van der Waals surface area contributed by atoms with Crippen LogP contribution in [0, 0.1) is 12.7 Å². The van der Waals surface area contributed by atoms with Crippen LogP contribution < -0.4 is 5.73 Å². The van der Waals surface area contributed by atoms with Crippen LogP contribution in [-0.4, -0.2) is 12.3 Å². The molecule has 0 aliphatic carbocycles. The van der Waals surface area contributed by atoms with E-state index in [1.807, 2.05) is 37.3 Å². The molecular weight excluding hydrogens is 241 g/mol. The van der Waals surface area contributed by atoms with E-state index >= 15 is 0 Å². The summed E-state index contributed by atoms with van der Waals surface area (Å²) in [6.07, 6.45) is 0. The minimum absolute atomic E-state index is 0.110. The van der Waals surface area contributed by atoms with Crippen LogP contribution in [0.4, 0.5) is 4.39 Å². The maximum atomic E-state index is 13.8. The van der Waals surface area contributed by atoms with Crippen molar-refractivity contribution in [2.75, 3.05) is 6.54 Å². The Kier molecular flexibility index (Phi) is 4.07. The lowest BCUT2D eigenvalue weighted by Gasteiger charge is -2.15. The molecule has 2 aromatic carbocycles. The van der Waals surface area contributed by atoms with E-state index in [4.69, 9.17) is 5.73 Å². The average molecular weight is 257 g/mol. The highest BCUT2D eigenvalue weighted by atomic mass is 19.1. The monoisotopic (exact) mass is 257 g/mol. The summed E-state index contributed by atoms with van der Waals surface area (Å²) in [4.78, 5) is 12.4. The number of aryl methyl sites for hydroxylation is 1. The third-order valence-corrected chi connectivity index (χ3v) is 3.14. The molecule has 0 bridgehead atoms. The molecule has 0 saturated heterocycles. The molecule has 0 fully saturated rings. The molecule has 0 aliphatic rings. The van der Waals surface area contributed by atoms with Gasteiger partial charge in [-0.05, 0) is 24.6 Å². The Hall–Kier alpha value is -2.00. The number of carbonyl (C=O) groups excluding carboxylic acids is 1. The molecule has 1 atom stereocenters. The second kappa shape index (κ2) is 5.76. The summed E-state index contributed by atoms with van der Waals surface area (Å²) in [6.45, 7) is 1.99. The van der Waals surface area contributed by atoms with Crippen molar-refractivity contribution in [2.45, 2.75) is 12.8 Å². The highest BCUT2D eigenvalue weighted by Crippen LogP contribution is 2.22. The number of hydrogen-bond acceptors (Lipinski definition) is 2. The summed E-state index contributed by atoms with van der Waals surface area (Å²) >= 11 is 0. The van der Waals surface area contributed by atoms with E-state index < -0.39 is 11.7 Å². The van der Waals surface area contributed by atoms with Crippen LogP contribution in [-0.2, 0) is 0 Å². The first kappa shape index (κ1) is 13.4. The Bertz CT molecular complexity index is 581. The number of ketones is 1. The van der Waals surface area contributed by atoms with E-state index in [0.717, 1.165) is 11.1 Å². The molecule has 0 amide bonds. The number of Topliss-reactive ketones (excluding diaryl/α,β-unsaturated/α-hetero) is 1. The first-order valence-electron chi connectivity index (χ1n) is 6.19. The standard InChI is InChI=1S/C16H16FNO/c1-11-7-8-15(17)13(9-11)16(19)14(10-18)12-5-3-2-4-6-12/h2-9,14H,10,18H2,1H3. The fourth-order valence-electron chi connectivity index (χ4n) is 2.10. The quantitative estimate of drug-likeness (QED) is 0.855. The van der Waals surface area contributed by atoms with E-state index in [1.165, 1.54) is 6.07 Å². The number of rotatable bonds is 4. The van der Waals surface area contributed by atoms with Gasteiger partial charge in [0.25, 0.3) is 0 Å². The first-order chi connectivity index (χ1) is 9.13. The largest absolute Gasteiger partial charge is 0.329 e. The van der Waals surface area contributed by atoms with E-state index in [9.17, 15) is 9.18 Å². The average Bonchev–Trinajstić information content (AvgIpc) is 2.43. The maximum absolute atomic E-state index is 13.8. The summed E-state index contributed by atoms with van der Waals surface area (Å²) in [5, 5.41) is 0. The number of hydrogen-bond donors (Lipinski definition) is 1. The summed E-state index contributed by atoms with van der Waals surface area (Å²) in [5.74, 6) is -1.27. The van der Waals surface area contributed by atoms with Crippen LogP contribution >= 0.6 is 0 Å². The van der Waals surface area contributed by atoms with Crippen LogP contribution in [0.3, 0.4) is 0 Å². The van der Waals surface area contributed by atoms with Crippen LogP contribution in [0.15, 0.2) is 48.5 Å². The zero-order valence-corrected chi connectivity index (χ0v) is 10.8. The second-order valence-electron chi connectivity index (χ2n) is 4.55. The molecule has 0 spiro atoms. The predicted octanol–water partition coefficient (Wildman–Crippen LogP) is 3.06. The van der Waals surface area contributed by atoms with Gasteiger partial charge in [0.1, 0.15) is 5.82 Å². The van der Waals surface area contributed by atoms with Crippen LogP contribution in [0.1, 0.15) is 27.4 Å². The number of halogens is 1. The maximum Gasteiger partial charge on any atom is 0.174 e. The Morgan fingerprint density at radius 1 is 1.21 bits per heavy atom. The molecule has 2 N–H and O–H groups in total. The zero-order valence-electron chi connectivity index (χ0n) is 10.8. The van der Waals surface area contributed by atoms with Crippen molar-refractivity contribution in [3.05, 3.63) is 71.0 Å². The van der Waals surface area contributed by atoms with Gasteiger partial charge >= 0.3 is 0 Å². The van der Waals surface area contributed by atoms with Crippen LogP contribution in [0.5, 0.6) is 0 Å². The Labute approximate surface area is 112 Å². The summed E-state index contributed by atoms with van der Waals surface area (Å²) < 4.78 is 13.8. The molecule has 3 heteroatoms. The Morgan fingerprint density at radius 2 is 1.89 bits per heavy atom. The van der Waals surface area contributed by atoms with Gasteiger partial charge in [-0.15, -0.1) is 0 Å². The van der Waals surface area contributed by atoms with Crippen molar-refractivity contribution in [3.63, 3.8) is 0 Å². The Balaban J connectivity index is 2.39. The van der Waals surface area contributed by atoms with E-state index in [2.05, 4.69) is 0 Å². The van der Waals surface area contributed by atoms with E-state index in [-0.39, 0.29) is 17.9 Å². The molecule has 0 radical (unpaired) electrons. The van der Waals surface area contributed by atoms with Crippen molar-refractivity contribution in [3.8, 4) is 0 Å². The van der Waals surface area contributed by atoms with Gasteiger partial charge in [0.2, 0.25) is 0 Å². The van der Waals surface area contributed by atoms with Gasteiger partial charge in [-0.1, -0.05) is 42.0 Å². The number of benzene rings is 2. The fraction of sp³-hybridized carbons (Fsp3) is 0.188. The lowest BCUT2D eigenvalue weighted by molar-refractivity contribution is 0.0958. The summed E-state index contributed by atoms with van der Waals surface area (Å²) in [7, 11) is 0. The van der Waals surface area contributed by atoms with Crippen molar-refractivity contribution in [1.82, 2.24) is 0 Å². The smallest absolute Gasteiger partial charge is 0.174 e. The van der Waals surface area contributed by atoms with E-state index in [1.54, 1.807) is 12.1 Å². The fourth-order valence-corrected chi connectivity index (χ4v) is 2.10. The number of nitrogens with two attached hydrogens (primary N) is 1. The lowest BCUT2D eigenvalue weighted by Crippen LogP contribution is -2.22. The molecule has 19 heavy (non-hydrogen) atoms. The molecule has 1 unspecified atom stereocenters. The van der Waals surface area contributed by atoms with Crippen molar-refractivity contribution >= 4 is 5.78 Å². The Morgan fingerprint density at radius 3 is 2.53 bits per heavy atom. The summed E-state index contributed by atoms with van der Waals surface area (Å²) in [6, 6.07) is 13.8. The van der Waals surface area contributed by atoms with Crippen molar-refractivity contribution < 1.29 is 9.18 Å². The van der Waals surface area contributed by atoms with Gasteiger partial charge in [-0.25, -0.2) is 4.39 Å². The molecule has 2 rings (SSSR count). The van der Waals surface area contributed by atoms with Gasteiger partial charge in [0.15, 0.2) is 5.78 Å². The van der Waals surface area contributed by atoms with Crippen LogP contribution in [0.25, 0.3) is 0 Å². The molecule has 0 aromatic heterocycles. The van der Waals surface area contributed by atoms with Crippen molar-refractivity contribution in [2.24, 2.45) is 5.73 Å². The minimum Gasteiger partial charge on any atom is -0.329 e. The number of carbonyl (C=O) groups is 1. The molecule has 0 heterocycles. The van der Waals surface area contributed by atoms with Gasteiger partial charge in [0, 0.05) is 6.54 Å². The normalized spacial score (nSPS) is 12.2. The van der Waals surface area contributed by atoms with Crippen molar-refractivity contribution in [1.29, 1.82) is 0 Å². The molecule has 2 nitrogen and oxygen atoms in total.